The van der Waals surface area contributed by atoms with Gasteiger partial charge in [0.1, 0.15) is 0 Å². The Morgan fingerprint density at radius 2 is 2.17 bits per heavy atom. The number of alkyl halides is 1. The Morgan fingerprint density at radius 1 is 1.67 bits per heavy atom. The van der Waals surface area contributed by atoms with Gasteiger partial charge in [-0.3, -0.25) is 9.09 Å². The van der Waals surface area contributed by atoms with Crippen LogP contribution in [0, 0.1) is 0 Å². The molecule has 0 aromatic rings. The maximum atomic E-state index is 10.3. The Balaban J connectivity index is 4.32. The Kier molecular flexibility index (Phi) is 5.37. The lowest BCUT2D eigenvalue weighted by atomic mass is 10.1. The van der Waals surface area contributed by atoms with Crippen molar-refractivity contribution < 1.29 is 19.1 Å². The van der Waals surface area contributed by atoms with Crippen LogP contribution in [-0.2, 0) is 9.09 Å². The first-order valence-corrected chi connectivity index (χ1v) is 5.44. The first-order chi connectivity index (χ1) is 5.46. The van der Waals surface area contributed by atoms with E-state index in [1.54, 1.807) is 13.8 Å². The molecule has 3 atom stereocenters. The molecule has 0 radical (unpaired) electrons. The highest BCUT2D eigenvalue weighted by Gasteiger charge is 2.35. The monoisotopic (exact) mass is 216 g/mol. The lowest BCUT2D eigenvalue weighted by molar-refractivity contribution is -0.142. The fourth-order valence-electron chi connectivity index (χ4n) is 0.828. The molecule has 0 saturated heterocycles. The summed E-state index contributed by atoms with van der Waals surface area (Å²) in [6.07, 6.45) is 0.660. The molecule has 0 aliphatic carbocycles. The third-order valence-corrected chi connectivity index (χ3v) is 2.80. The van der Waals surface area contributed by atoms with Gasteiger partial charge in [-0.2, -0.15) is 0 Å². The fourth-order valence-corrected chi connectivity index (χ4v) is 1.69. The molecule has 0 aliphatic rings. The first kappa shape index (κ1) is 12.4. The summed E-state index contributed by atoms with van der Waals surface area (Å²) in [6.45, 7) is 3.39. The molecule has 0 spiro atoms. The molecule has 0 aliphatic heterocycles. The van der Waals surface area contributed by atoms with Crippen molar-refractivity contribution in [2.24, 2.45) is 0 Å². The van der Waals surface area contributed by atoms with Crippen molar-refractivity contribution in [2.75, 3.05) is 0 Å². The Labute approximate surface area is 77.4 Å². The van der Waals surface area contributed by atoms with Crippen LogP contribution < -0.4 is 0 Å². The topological polar surface area (TPSA) is 66.8 Å². The van der Waals surface area contributed by atoms with Gasteiger partial charge in [-0.1, -0.05) is 13.8 Å². The highest BCUT2D eigenvalue weighted by molar-refractivity contribution is 7.32. The van der Waals surface area contributed by atoms with Crippen LogP contribution in [0.3, 0.4) is 0 Å². The van der Waals surface area contributed by atoms with Crippen LogP contribution in [-0.4, -0.2) is 21.2 Å². The molecule has 3 unspecified atom stereocenters. The first-order valence-electron chi connectivity index (χ1n) is 3.74. The lowest BCUT2D eigenvalue weighted by Gasteiger charge is -2.29. The molecule has 74 valence electrons. The van der Waals surface area contributed by atoms with Crippen molar-refractivity contribution in [2.45, 2.75) is 37.9 Å². The number of rotatable bonds is 5. The molecule has 2 N–H and O–H groups in total. The minimum absolute atomic E-state index is 0.186. The molecular formula is C6H14ClO4P. The molecule has 0 saturated carbocycles. The summed E-state index contributed by atoms with van der Waals surface area (Å²) in [5, 5.41) is 8.91. The molecule has 0 amide bonds. The molecular weight excluding hydrogens is 202 g/mol. The van der Waals surface area contributed by atoms with Gasteiger partial charge >= 0.3 is 8.25 Å². The summed E-state index contributed by atoms with van der Waals surface area (Å²) in [6, 6.07) is 0. The van der Waals surface area contributed by atoms with Gasteiger partial charge < -0.3 is 10.00 Å². The van der Waals surface area contributed by atoms with Crippen molar-refractivity contribution in [1.82, 2.24) is 0 Å². The number of hydrogen-bond donors (Lipinski definition) is 2. The zero-order valence-corrected chi connectivity index (χ0v) is 8.84. The van der Waals surface area contributed by atoms with Gasteiger partial charge in [0.2, 0.25) is 0 Å². The highest BCUT2D eigenvalue weighted by atomic mass is 35.5. The van der Waals surface area contributed by atoms with Crippen molar-refractivity contribution in [3.05, 3.63) is 0 Å². The van der Waals surface area contributed by atoms with Crippen LogP contribution in [0.5, 0.6) is 0 Å². The summed E-state index contributed by atoms with van der Waals surface area (Å²) in [7, 11) is -3.14. The van der Waals surface area contributed by atoms with E-state index in [4.69, 9.17) is 16.5 Å². The minimum atomic E-state index is -3.14. The molecule has 0 rings (SSSR count). The maximum absolute atomic E-state index is 10.3. The lowest BCUT2D eigenvalue weighted by Crippen LogP contribution is -2.39. The van der Waals surface area contributed by atoms with E-state index >= 15 is 0 Å². The SMILES string of the molecule is CCC(Cl)C(O)(CC)O[PH](=O)O. The smallest absolute Gasteiger partial charge is 0.319 e. The average molecular weight is 217 g/mol. The largest absolute Gasteiger partial charge is 0.364 e. The fraction of sp³-hybridized carbons (Fsp3) is 1.00. The quantitative estimate of drug-likeness (QED) is 0.415. The van der Waals surface area contributed by atoms with Gasteiger partial charge in [-0.25, -0.2) is 0 Å². The van der Waals surface area contributed by atoms with Crippen LogP contribution in [0.15, 0.2) is 0 Å². The zero-order valence-electron chi connectivity index (χ0n) is 7.08. The van der Waals surface area contributed by atoms with Gasteiger partial charge in [0.15, 0.2) is 5.79 Å². The Morgan fingerprint density at radius 3 is 2.42 bits per heavy atom. The second-order valence-electron chi connectivity index (χ2n) is 2.44. The second-order valence-corrected chi connectivity index (χ2v) is 3.70. The number of aliphatic hydroxyl groups is 1. The van der Waals surface area contributed by atoms with Crippen LogP contribution >= 0.6 is 19.9 Å². The zero-order chi connectivity index (χ0) is 9.78. The summed E-state index contributed by atoms with van der Waals surface area (Å²) in [5.74, 6) is -1.68. The molecule has 0 aromatic carbocycles. The molecule has 6 heteroatoms. The summed E-state index contributed by atoms with van der Waals surface area (Å²) < 4.78 is 14.8. The van der Waals surface area contributed by atoms with Crippen molar-refractivity contribution in [1.29, 1.82) is 0 Å². The van der Waals surface area contributed by atoms with E-state index in [-0.39, 0.29) is 6.42 Å². The van der Waals surface area contributed by atoms with Gasteiger partial charge in [0.25, 0.3) is 0 Å². The highest BCUT2D eigenvalue weighted by Crippen LogP contribution is 2.33. The maximum Gasteiger partial charge on any atom is 0.319 e. The van der Waals surface area contributed by atoms with E-state index in [0.29, 0.717) is 6.42 Å². The van der Waals surface area contributed by atoms with Crippen molar-refractivity contribution in [3.63, 3.8) is 0 Å². The minimum Gasteiger partial charge on any atom is -0.364 e. The third kappa shape index (κ3) is 3.42. The second kappa shape index (κ2) is 5.20. The van der Waals surface area contributed by atoms with Crippen LogP contribution in [0.25, 0.3) is 0 Å². The van der Waals surface area contributed by atoms with Crippen molar-refractivity contribution in [3.8, 4) is 0 Å². The van der Waals surface area contributed by atoms with Crippen LogP contribution in [0.4, 0.5) is 0 Å². The van der Waals surface area contributed by atoms with Gasteiger partial charge in [-0.05, 0) is 6.42 Å². The van der Waals surface area contributed by atoms with E-state index in [1.807, 2.05) is 0 Å². The van der Waals surface area contributed by atoms with Gasteiger partial charge in [0.05, 0.1) is 5.38 Å². The third-order valence-electron chi connectivity index (χ3n) is 1.62. The standard InChI is InChI=1S/C6H14ClO4P/c1-3-5(7)6(8,4-2)11-12(9)10/h5,8,12H,3-4H2,1-2H3,(H,9,10). The summed E-state index contributed by atoms with van der Waals surface area (Å²) in [5.41, 5.74) is 0. The summed E-state index contributed by atoms with van der Waals surface area (Å²) in [4.78, 5) is 8.47. The van der Waals surface area contributed by atoms with E-state index in [1.165, 1.54) is 0 Å². The predicted octanol–water partition coefficient (Wildman–Crippen LogP) is 1.50. The number of halogens is 1. The Bertz CT molecular complexity index is 166. The van der Waals surface area contributed by atoms with Gasteiger partial charge in [-0.15, -0.1) is 11.6 Å². The van der Waals surface area contributed by atoms with Crippen LogP contribution in [0.2, 0.25) is 0 Å². The van der Waals surface area contributed by atoms with E-state index in [0.717, 1.165) is 0 Å². The molecule has 0 fully saturated rings. The average Bonchev–Trinajstić information content (AvgIpc) is 2.01. The van der Waals surface area contributed by atoms with Crippen molar-refractivity contribution >= 4 is 19.9 Å². The number of hydrogen-bond acceptors (Lipinski definition) is 3. The molecule has 4 nitrogen and oxygen atoms in total. The molecule has 0 heterocycles. The predicted molar refractivity (Wildman–Crippen MR) is 47.5 cm³/mol. The molecule has 0 bridgehead atoms. The van der Waals surface area contributed by atoms with E-state index in [2.05, 4.69) is 4.52 Å². The molecule has 12 heavy (non-hydrogen) atoms. The van der Waals surface area contributed by atoms with Gasteiger partial charge in [0, 0.05) is 6.42 Å². The summed E-state index contributed by atoms with van der Waals surface area (Å²) >= 11 is 5.71. The normalized spacial score (nSPS) is 21.4. The van der Waals surface area contributed by atoms with E-state index < -0.39 is 19.4 Å². The van der Waals surface area contributed by atoms with Crippen LogP contribution in [0.1, 0.15) is 26.7 Å². The van der Waals surface area contributed by atoms with E-state index in [9.17, 15) is 9.67 Å². The molecule has 0 aromatic heterocycles. The Hall–Kier alpha value is 0.400.